The quantitative estimate of drug-likeness (QED) is 0.758. The summed E-state index contributed by atoms with van der Waals surface area (Å²) in [6, 6.07) is 12.8. The van der Waals surface area contributed by atoms with Crippen LogP contribution in [-0.2, 0) is 11.2 Å². The second-order valence-electron chi connectivity index (χ2n) is 6.28. The minimum Gasteiger partial charge on any atom is -0.497 e. The first-order valence-corrected chi connectivity index (χ1v) is 9.02. The topological polar surface area (TPSA) is 62.1 Å². The summed E-state index contributed by atoms with van der Waals surface area (Å²) in [6.45, 7) is 0. The van der Waals surface area contributed by atoms with Crippen molar-refractivity contribution < 1.29 is 27.8 Å². The molecule has 3 rings (SSSR count). The summed E-state index contributed by atoms with van der Waals surface area (Å²) in [5.74, 6) is -0.408. The molecule has 0 fully saturated rings. The average molecular weight is 457 g/mol. The summed E-state index contributed by atoms with van der Waals surface area (Å²) in [5.41, 5.74) is -2.56. The molecule has 2 aromatic rings. The number of rotatable bonds is 4. The molecule has 1 atom stereocenters. The van der Waals surface area contributed by atoms with Crippen LogP contribution in [0.15, 0.2) is 58.1 Å². The zero-order valence-electron chi connectivity index (χ0n) is 14.7. The zero-order chi connectivity index (χ0) is 20.5. The Bertz CT molecular complexity index is 915. The molecule has 1 amide bonds. The van der Waals surface area contributed by atoms with E-state index in [-0.39, 0.29) is 17.1 Å². The molecule has 1 N–H and O–H groups in total. The maximum atomic E-state index is 13.6. The molecular formula is C19H16BrF3N2O3. The monoisotopic (exact) mass is 456 g/mol. The van der Waals surface area contributed by atoms with Gasteiger partial charge in [-0.1, -0.05) is 40.2 Å². The molecule has 0 saturated heterocycles. The van der Waals surface area contributed by atoms with Gasteiger partial charge in [-0.05, 0) is 35.4 Å². The lowest BCUT2D eigenvalue weighted by Crippen LogP contribution is -2.57. The van der Waals surface area contributed by atoms with Crippen molar-refractivity contribution in [2.75, 3.05) is 7.11 Å². The number of carbonyl (C=O) groups is 1. The number of benzene rings is 2. The van der Waals surface area contributed by atoms with Crippen LogP contribution < -0.4 is 4.74 Å². The highest BCUT2D eigenvalue weighted by Gasteiger charge is 2.63. The van der Waals surface area contributed by atoms with Crippen molar-refractivity contribution in [2.24, 2.45) is 5.10 Å². The van der Waals surface area contributed by atoms with Crippen LogP contribution in [0.2, 0.25) is 0 Å². The summed E-state index contributed by atoms with van der Waals surface area (Å²) in [6.07, 6.45) is -6.27. The third kappa shape index (κ3) is 3.90. The first-order valence-electron chi connectivity index (χ1n) is 8.22. The molecule has 0 saturated carbocycles. The molecule has 0 aliphatic carbocycles. The Morgan fingerprint density at radius 1 is 1.29 bits per heavy atom. The maximum Gasteiger partial charge on any atom is 0.438 e. The number of aliphatic hydroxyl groups is 1. The number of hydrogen-bond acceptors (Lipinski definition) is 4. The molecule has 28 heavy (non-hydrogen) atoms. The van der Waals surface area contributed by atoms with Crippen molar-refractivity contribution in [3.63, 3.8) is 0 Å². The Balaban J connectivity index is 1.92. The van der Waals surface area contributed by atoms with Gasteiger partial charge in [-0.25, -0.2) is 0 Å². The summed E-state index contributed by atoms with van der Waals surface area (Å²) < 4.78 is 46.5. The second-order valence-corrected chi connectivity index (χ2v) is 7.19. The van der Waals surface area contributed by atoms with Gasteiger partial charge in [0, 0.05) is 4.47 Å². The van der Waals surface area contributed by atoms with E-state index in [0.717, 1.165) is 0 Å². The number of nitrogens with zero attached hydrogens (tertiary/aromatic N) is 2. The van der Waals surface area contributed by atoms with Crippen LogP contribution in [0.4, 0.5) is 13.2 Å². The summed E-state index contributed by atoms with van der Waals surface area (Å²) >= 11 is 3.25. The molecule has 0 unspecified atom stereocenters. The molecule has 1 heterocycles. The molecule has 9 heteroatoms. The Labute approximate surface area is 167 Å². The summed E-state index contributed by atoms with van der Waals surface area (Å²) in [7, 11) is 1.48. The van der Waals surface area contributed by atoms with Gasteiger partial charge in [0.25, 0.3) is 5.72 Å². The van der Waals surface area contributed by atoms with Gasteiger partial charge in [-0.15, -0.1) is 0 Å². The highest BCUT2D eigenvalue weighted by molar-refractivity contribution is 9.10. The van der Waals surface area contributed by atoms with Crippen molar-refractivity contribution in [2.45, 2.75) is 24.7 Å². The first kappa shape index (κ1) is 20.3. The Morgan fingerprint density at radius 3 is 2.54 bits per heavy atom. The van der Waals surface area contributed by atoms with Crippen molar-refractivity contribution in [1.82, 2.24) is 5.01 Å². The molecule has 0 bridgehead atoms. The minimum absolute atomic E-state index is 0.0239. The second kappa shape index (κ2) is 7.56. The number of amides is 1. The molecule has 0 radical (unpaired) electrons. The largest absolute Gasteiger partial charge is 0.497 e. The molecule has 1 aliphatic rings. The van der Waals surface area contributed by atoms with E-state index in [4.69, 9.17) is 4.74 Å². The predicted octanol–water partition coefficient (Wildman–Crippen LogP) is 3.89. The van der Waals surface area contributed by atoms with Crippen LogP contribution in [0.25, 0.3) is 0 Å². The van der Waals surface area contributed by atoms with E-state index in [9.17, 15) is 23.1 Å². The van der Waals surface area contributed by atoms with E-state index in [0.29, 0.717) is 21.3 Å². The minimum atomic E-state index is -5.07. The summed E-state index contributed by atoms with van der Waals surface area (Å²) in [4.78, 5) is 12.6. The Hall–Kier alpha value is -2.39. The molecule has 5 nitrogen and oxygen atoms in total. The first-order chi connectivity index (χ1) is 13.1. The highest BCUT2D eigenvalue weighted by atomic mass is 79.9. The van der Waals surface area contributed by atoms with Crippen LogP contribution in [0.5, 0.6) is 5.75 Å². The van der Waals surface area contributed by atoms with Gasteiger partial charge >= 0.3 is 6.18 Å². The number of halogens is 4. The zero-order valence-corrected chi connectivity index (χ0v) is 16.3. The maximum absolute atomic E-state index is 13.6. The number of hydrogen-bond donors (Lipinski definition) is 1. The SMILES string of the molecule is COc1ccc(CC(=O)N2N=C(c3cccc(Br)c3)C[C@@]2(O)C(F)(F)F)cc1. The molecule has 148 valence electrons. The van der Waals surface area contributed by atoms with Gasteiger partial charge in [0.15, 0.2) is 0 Å². The third-order valence-corrected chi connectivity index (χ3v) is 4.84. The van der Waals surface area contributed by atoms with E-state index in [1.807, 2.05) is 0 Å². The van der Waals surface area contributed by atoms with Crippen molar-refractivity contribution in [3.8, 4) is 5.75 Å². The van der Waals surface area contributed by atoms with E-state index in [2.05, 4.69) is 21.0 Å². The number of hydrazone groups is 1. The van der Waals surface area contributed by atoms with Crippen molar-refractivity contribution in [3.05, 3.63) is 64.1 Å². The Morgan fingerprint density at radius 2 is 1.96 bits per heavy atom. The fraction of sp³-hybridized carbons (Fsp3) is 0.263. The number of alkyl halides is 3. The van der Waals surface area contributed by atoms with Gasteiger partial charge in [0.05, 0.1) is 25.7 Å². The molecule has 0 spiro atoms. The van der Waals surface area contributed by atoms with Crippen LogP contribution in [0.1, 0.15) is 17.5 Å². The third-order valence-electron chi connectivity index (χ3n) is 4.35. The number of ether oxygens (including phenoxy) is 1. The number of carbonyl (C=O) groups excluding carboxylic acids is 1. The van der Waals surface area contributed by atoms with Crippen molar-refractivity contribution >= 4 is 27.5 Å². The molecule has 2 aromatic carbocycles. The molecular weight excluding hydrogens is 441 g/mol. The Kier molecular flexibility index (Phi) is 5.49. The van der Waals surface area contributed by atoms with E-state index < -0.39 is 24.2 Å². The lowest BCUT2D eigenvalue weighted by atomic mass is 10.0. The van der Waals surface area contributed by atoms with Gasteiger partial charge < -0.3 is 9.84 Å². The van der Waals surface area contributed by atoms with Gasteiger partial charge in [-0.3, -0.25) is 4.79 Å². The summed E-state index contributed by atoms with van der Waals surface area (Å²) in [5, 5.41) is 14.3. The van der Waals surface area contributed by atoms with Crippen LogP contribution >= 0.6 is 15.9 Å². The van der Waals surface area contributed by atoms with Crippen LogP contribution in [-0.4, -0.2) is 40.7 Å². The average Bonchev–Trinajstić information content (AvgIpc) is 3.01. The van der Waals surface area contributed by atoms with Gasteiger partial charge in [0.2, 0.25) is 5.91 Å². The van der Waals surface area contributed by atoms with Crippen LogP contribution in [0.3, 0.4) is 0 Å². The normalized spacial score (nSPS) is 19.5. The van der Waals surface area contributed by atoms with Gasteiger partial charge in [-0.2, -0.15) is 23.3 Å². The smallest absolute Gasteiger partial charge is 0.438 e. The van der Waals surface area contributed by atoms with E-state index in [1.54, 1.807) is 48.5 Å². The highest BCUT2D eigenvalue weighted by Crippen LogP contribution is 2.41. The fourth-order valence-corrected chi connectivity index (χ4v) is 3.25. The van der Waals surface area contributed by atoms with Gasteiger partial charge in [0.1, 0.15) is 5.75 Å². The standard InChI is InChI=1S/C19H16BrF3N2O3/c1-28-15-7-5-12(6-8-15)9-17(26)25-18(27,19(21,22)23)11-16(24-25)13-3-2-4-14(20)10-13/h2-8,10,27H,9,11H2,1H3/t18-/m1/s1. The van der Waals surface area contributed by atoms with E-state index >= 15 is 0 Å². The molecule has 0 aromatic heterocycles. The lowest BCUT2D eigenvalue weighted by molar-refractivity contribution is -0.302. The van der Waals surface area contributed by atoms with Crippen LogP contribution in [0, 0.1) is 0 Å². The lowest BCUT2D eigenvalue weighted by Gasteiger charge is -2.32. The van der Waals surface area contributed by atoms with E-state index in [1.165, 1.54) is 7.11 Å². The van der Waals surface area contributed by atoms with Crippen molar-refractivity contribution in [1.29, 1.82) is 0 Å². The molecule has 1 aliphatic heterocycles. The number of methoxy groups -OCH3 is 1. The predicted molar refractivity (Wildman–Crippen MR) is 99.8 cm³/mol. The fourth-order valence-electron chi connectivity index (χ4n) is 2.85.